The third-order valence-corrected chi connectivity index (χ3v) is 4.33. The summed E-state index contributed by atoms with van der Waals surface area (Å²) in [7, 11) is 0. The summed E-state index contributed by atoms with van der Waals surface area (Å²) in [6.45, 7) is 3.85. The summed E-state index contributed by atoms with van der Waals surface area (Å²) in [6, 6.07) is 9.23. The average Bonchev–Trinajstić information content (AvgIpc) is 2.33. The first kappa shape index (κ1) is 14.9. The lowest BCUT2D eigenvalue weighted by atomic mass is 9.96. The maximum absolute atomic E-state index is 10.5. The van der Waals surface area contributed by atoms with E-state index in [-0.39, 0.29) is 0 Å². The Morgan fingerprint density at radius 1 is 0.947 bits per heavy atom. The number of rotatable bonds is 2. The Balaban J connectivity index is 2.49. The smallest absolute Gasteiger partial charge is 0.106 e. The quantitative estimate of drug-likeness (QED) is 0.755. The van der Waals surface area contributed by atoms with Gasteiger partial charge in [-0.2, -0.15) is 0 Å². The van der Waals surface area contributed by atoms with Crippen LogP contribution < -0.4 is 0 Å². The van der Waals surface area contributed by atoms with Crippen molar-refractivity contribution in [3.05, 3.63) is 67.1 Å². The maximum atomic E-state index is 10.5. The summed E-state index contributed by atoms with van der Waals surface area (Å²) in [6.07, 6.45) is -0.753. The second-order valence-corrected chi connectivity index (χ2v) is 6.26. The summed E-state index contributed by atoms with van der Waals surface area (Å²) in [4.78, 5) is 0. The van der Waals surface area contributed by atoms with Crippen molar-refractivity contribution >= 4 is 39.1 Å². The first-order chi connectivity index (χ1) is 8.90. The van der Waals surface area contributed by atoms with E-state index >= 15 is 0 Å². The number of hydrogen-bond donors (Lipinski definition) is 1. The molecule has 4 heteroatoms. The van der Waals surface area contributed by atoms with Gasteiger partial charge in [0.15, 0.2) is 0 Å². The lowest BCUT2D eigenvalue weighted by molar-refractivity contribution is 0.219. The van der Waals surface area contributed by atoms with Crippen LogP contribution in [0.2, 0.25) is 10.0 Å². The van der Waals surface area contributed by atoms with E-state index in [9.17, 15) is 5.11 Å². The molecule has 100 valence electrons. The molecular formula is C15H13BrCl2O. The van der Waals surface area contributed by atoms with Crippen LogP contribution in [0.15, 0.2) is 34.8 Å². The largest absolute Gasteiger partial charge is 0.384 e. The predicted octanol–water partition coefficient (Wildman–Crippen LogP) is 5.45. The zero-order valence-corrected chi connectivity index (χ0v) is 13.6. The number of aliphatic hydroxyl groups excluding tert-OH is 1. The SMILES string of the molecule is Cc1cc(C(O)c2ccc(Br)cc2Cl)c(C)cc1Cl. The monoisotopic (exact) mass is 358 g/mol. The van der Waals surface area contributed by atoms with Crippen molar-refractivity contribution in [3.8, 4) is 0 Å². The Morgan fingerprint density at radius 3 is 2.26 bits per heavy atom. The van der Waals surface area contributed by atoms with E-state index in [1.807, 2.05) is 38.1 Å². The molecule has 0 aromatic heterocycles. The van der Waals surface area contributed by atoms with Gasteiger partial charge in [0.25, 0.3) is 0 Å². The number of aryl methyl sites for hydroxylation is 2. The van der Waals surface area contributed by atoms with Crippen LogP contribution in [-0.4, -0.2) is 5.11 Å². The molecule has 0 radical (unpaired) electrons. The van der Waals surface area contributed by atoms with Gasteiger partial charge in [-0.25, -0.2) is 0 Å². The molecule has 0 aliphatic rings. The van der Waals surface area contributed by atoms with E-state index in [0.717, 1.165) is 21.2 Å². The van der Waals surface area contributed by atoms with Gasteiger partial charge in [0.2, 0.25) is 0 Å². The Labute approximate surface area is 131 Å². The standard InChI is InChI=1S/C15H13BrCl2O/c1-8-6-13(17)9(2)5-12(8)15(19)11-4-3-10(16)7-14(11)18/h3-7,15,19H,1-2H3. The minimum atomic E-state index is -0.753. The van der Waals surface area contributed by atoms with Crippen molar-refractivity contribution in [3.63, 3.8) is 0 Å². The third kappa shape index (κ3) is 3.14. The van der Waals surface area contributed by atoms with Crippen LogP contribution in [0.5, 0.6) is 0 Å². The molecule has 0 aliphatic carbocycles. The Kier molecular flexibility index (Phi) is 4.57. The van der Waals surface area contributed by atoms with Gasteiger partial charge in [-0.3, -0.25) is 0 Å². The van der Waals surface area contributed by atoms with Crippen LogP contribution in [0.3, 0.4) is 0 Å². The molecule has 2 aromatic carbocycles. The fraction of sp³-hybridized carbons (Fsp3) is 0.200. The molecule has 0 bridgehead atoms. The van der Waals surface area contributed by atoms with E-state index in [4.69, 9.17) is 23.2 Å². The van der Waals surface area contributed by atoms with Gasteiger partial charge >= 0.3 is 0 Å². The molecule has 0 saturated carbocycles. The number of benzene rings is 2. The highest BCUT2D eigenvalue weighted by Crippen LogP contribution is 2.33. The molecule has 1 N–H and O–H groups in total. The third-order valence-electron chi connectivity index (χ3n) is 3.10. The summed E-state index contributed by atoms with van der Waals surface area (Å²) < 4.78 is 0.887. The molecule has 0 fully saturated rings. The summed E-state index contributed by atoms with van der Waals surface area (Å²) in [5.41, 5.74) is 3.40. The Morgan fingerprint density at radius 2 is 1.63 bits per heavy atom. The molecule has 0 spiro atoms. The molecule has 1 atom stereocenters. The predicted molar refractivity (Wildman–Crippen MR) is 84.1 cm³/mol. The van der Waals surface area contributed by atoms with Gasteiger partial charge in [-0.15, -0.1) is 0 Å². The number of hydrogen-bond acceptors (Lipinski definition) is 1. The molecule has 0 heterocycles. The fourth-order valence-corrected chi connectivity index (χ4v) is 2.98. The molecule has 2 rings (SSSR count). The van der Waals surface area contributed by atoms with E-state index < -0.39 is 6.10 Å². The van der Waals surface area contributed by atoms with Gasteiger partial charge in [-0.1, -0.05) is 51.3 Å². The number of halogens is 3. The van der Waals surface area contributed by atoms with E-state index in [1.54, 1.807) is 6.07 Å². The summed E-state index contributed by atoms with van der Waals surface area (Å²) in [5.74, 6) is 0. The lowest BCUT2D eigenvalue weighted by Gasteiger charge is -2.17. The molecular weight excluding hydrogens is 347 g/mol. The molecule has 2 aromatic rings. The van der Waals surface area contributed by atoms with Crippen molar-refractivity contribution in [2.75, 3.05) is 0 Å². The van der Waals surface area contributed by atoms with E-state index in [1.165, 1.54) is 0 Å². The minimum absolute atomic E-state index is 0.536. The highest BCUT2D eigenvalue weighted by molar-refractivity contribution is 9.10. The van der Waals surface area contributed by atoms with Crippen LogP contribution in [0.25, 0.3) is 0 Å². The van der Waals surface area contributed by atoms with Crippen LogP contribution in [-0.2, 0) is 0 Å². The van der Waals surface area contributed by atoms with Gasteiger partial charge in [0.1, 0.15) is 6.10 Å². The Hall–Kier alpha value is -0.540. The second-order valence-electron chi connectivity index (χ2n) is 4.53. The lowest BCUT2D eigenvalue weighted by Crippen LogP contribution is -2.03. The summed E-state index contributed by atoms with van der Waals surface area (Å²) >= 11 is 15.6. The molecule has 19 heavy (non-hydrogen) atoms. The van der Waals surface area contributed by atoms with Crippen LogP contribution >= 0.6 is 39.1 Å². The molecule has 0 aliphatic heterocycles. The fourth-order valence-electron chi connectivity index (χ4n) is 1.99. The highest BCUT2D eigenvalue weighted by Gasteiger charge is 2.17. The first-order valence-corrected chi connectivity index (χ1v) is 7.34. The van der Waals surface area contributed by atoms with E-state index in [2.05, 4.69) is 15.9 Å². The van der Waals surface area contributed by atoms with Crippen molar-refractivity contribution in [1.82, 2.24) is 0 Å². The van der Waals surface area contributed by atoms with Crippen LogP contribution in [0, 0.1) is 13.8 Å². The van der Waals surface area contributed by atoms with Crippen molar-refractivity contribution in [2.45, 2.75) is 20.0 Å². The zero-order valence-electron chi connectivity index (χ0n) is 10.5. The maximum Gasteiger partial charge on any atom is 0.106 e. The molecule has 1 unspecified atom stereocenters. The molecule has 1 nitrogen and oxygen atoms in total. The van der Waals surface area contributed by atoms with E-state index in [0.29, 0.717) is 15.6 Å². The van der Waals surface area contributed by atoms with Gasteiger partial charge < -0.3 is 5.11 Å². The van der Waals surface area contributed by atoms with Crippen molar-refractivity contribution in [2.24, 2.45) is 0 Å². The van der Waals surface area contributed by atoms with Gasteiger partial charge in [-0.05, 0) is 48.7 Å². The topological polar surface area (TPSA) is 20.2 Å². The number of aliphatic hydroxyl groups is 1. The average molecular weight is 360 g/mol. The molecule has 0 amide bonds. The summed E-state index contributed by atoms with van der Waals surface area (Å²) in [5, 5.41) is 11.8. The highest BCUT2D eigenvalue weighted by atomic mass is 79.9. The van der Waals surface area contributed by atoms with Crippen molar-refractivity contribution < 1.29 is 5.11 Å². The second kappa shape index (κ2) is 5.84. The Bertz CT molecular complexity index is 626. The van der Waals surface area contributed by atoms with Gasteiger partial charge in [0, 0.05) is 20.1 Å². The van der Waals surface area contributed by atoms with Gasteiger partial charge in [0.05, 0.1) is 0 Å². The molecule has 0 saturated heterocycles. The normalized spacial score (nSPS) is 12.5. The van der Waals surface area contributed by atoms with Crippen LogP contribution in [0.1, 0.15) is 28.4 Å². The van der Waals surface area contributed by atoms with Crippen molar-refractivity contribution in [1.29, 1.82) is 0 Å². The van der Waals surface area contributed by atoms with Crippen LogP contribution in [0.4, 0.5) is 0 Å². The first-order valence-electron chi connectivity index (χ1n) is 5.80. The zero-order chi connectivity index (χ0) is 14.2. The minimum Gasteiger partial charge on any atom is -0.384 e.